The van der Waals surface area contributed by atoms with Crippen molar-refractivity contribution in [1.82, 2.24) is 14.5 Å². The third-order valence-electron chi connectivity index (χ3n) is 3.47. The number of morpholine rings is 1. The first-order valence-electron chi connectivity index (χ1n) is 7.17. The molecule has 6 nitrogen and oxygen atoms in total. The number of para-hydroxylation sites is 1. The number of aryl methyl sites for hydroxylation is 1. The summed E-state index contributed by atoms with van der Waals surface area (Å²) in [5.74, 6) is 1.23. The Morgan fingerprint density at radius 3 is 2.52 bits per heavy atom. The third-order valence-corrected chi connectivity index (χ3v) is 3.47. The Morgan fingerprint density at radius 2 is 1.86 bits per heavy atom. The van der Waals surface area contributed by atoms with Gasteiger partial charge in [-0.2, -0.15) is 9.97 Å². The summed E-state index contributed by atoms with van der Waals surface area (Å²) in [6, 6.07) is 9.50. The van der Waals surface area contributed by atoms with Gasteiger partial charge in [0.25, 0.3) is 0 Å². The third kappa shape index (κ3) is 2.80. The highest BCUT2D eigenvalue weighted by atomic mass is 16.5. The Bertz CT molecular complexity index is 663. The molecule has 0 N–H and O–H groups in total. The molecule has 0 saturated carbocycles. The predicted molar refractivity (Wildman–Crippen MR) is 80.0 cm³/mol. The molecule has 1 aliphatic heterocycles. The number of ether oxygens (including phenoxy) is 1. The van der Waals surface area contributed by atoms with Gasteiger partial charge in [-0.3, -0.25) is 0 Å². The van der Waals surface area contributed by atoms with Gasteiger partial charge in [-0.05, 0) is 12.1 Å². The molecular weight excluding hydrogens is 268 g/mol. The molecule has 0 radical (unpaired) electrons. The smallest absolute Gasteiger partial charge is 0.356 e. The molecule has 0 atom stereocenters. The minimum atomic E-state index is -0.283. The van der Waals surface area contributed by atoms with Crippen LogP contribution in [0, 0.1) is 0 Å². The van der Waals surface area contributed by atoms with Crippen molar-refractivity contribution < 1.29 is 4.74 Å². The maximum absolute atomic E-state index is 12.4. The number of hydrogen-bond donors (Lipinski definition) is 0. The van der Waals surface area contributed by atoms with Crippen LogP contribution in [0.15, 0.2) is 35.1 Å². The second kappa shape index (κ2) is 6.05. The monoisotopic (exact) mass is 286 g/mol. The number of nitrogens with zero attached hydrogens (tertiary/aromatic N) is 4. The largest absolute Gasteiger partial charge is 0.378 e. The summed E-state index contributed by atoms with van der Waals surface area (Å²) in [6.07, 6.45) is 0.641. The highest BCUT2D eigenvalue weighted by Gasteiger charge is 2.19. The van der Waals surface area contributed by atoms with E-state index in [-0.39, 0.29) is 5.69 Å². The van der Waals surface area contributed by atoms with E-state index >= 15 is 0 Å². The fourth-order valence-electron chi connectivity index (χ4n) is 2.37. The van der Waals surface area contributed by atoms with Gasteiger partial charge in [-0.15, -0.1) is 0 Å². The molecule has 0 aliphatic carbocycles. The first-order chi connectivity index (χ1) is 10.3. The fraction of sp³-hybridized carbons (Fsp3) is 0.400. The topological polar surface area (TPSA) is 60.2 Å². The highest BCUT2D eigenvalue weighted by molar-refractivity contribution is 5.42. The van der Waals surface area contributed by atoms with Crippen LogP contribution in [0.25, 0.3) is 5.69 Å². The van der Waals surface area contributed by atoms with E-state index in [0.29, 0.717) is 31.4 Å². The zero-order valence-corrected chi connectivity index (χ0v) is 12.0. The molecule has 3 rings (SSSR count). The normalized spacial score (nSPS) is 15.2. The molecule has 2 heterocycles. The maximum Gasteiger partial charge on any atom is 0.356 e. The first kappa shape index (κ1) is 13.8. The van der Waals surface area contributed by atoms with Crippen molar-refractivity contribution in [2.75, 3.05) is 31.2 Å². The van der Waals surface area contributed by atoms with Crippen LogP contribution in [0.4, 0.5) is 5.95 Å². The Hall–Kier alpha value is -2.21. The number of rotatable bonds is 3. The van der Waals surface area contributed by atoms with E-state index in [1.807, 2.05) is 37.3 Å². The molecule has 0 bridgehead atoms. The van der Waals surface area contributed by atoms with Crippen LogP contribution in [-0.2, 0) is 11.2 Å². The standard InChI is InChI=1S/C15H18N4O2/c1-2-13-16-14(18-8-10-21-11-9-18)19(15(20)17-13)12-6-4-3-5-7-12/h3-7H,2,8-11H2,1H3. The number of anilines is 1. The minimum Gasteiger partial charge on any atom is -0.378 e. The zero-order valence-electron chi connectivity index (χ0n) is 12.0. The van der Waals surface area contributed by atoms with E-state index < -0.39 is 0 Å². The highest BCUT2D eigenvalue weighted by Crippen LogP contribution is 2.16. The fourth-order valence-corrected chi connectivity index (χ4v) is 2.37. The molecule has 1 aliphatic rings. The maximum atomic E-state index is 12.4. The molecule has 1 saturated heterocycles. The molecule has 1 aromatic carbocycles. The number of aromatic nitrogens is 3. The van der Waals surface area contributed by atoms with Crippen LogP contribution in [0.1, 0.15) is 12.7 Å². The first-order valence-corrected chi connectivity index (χ1v) is 7.17. The average Bonchev–Trinajstić information content (AvgIpc) is 2.55. The van der Waals surface area contributed by atoms with Gasteiger partial charge in [0.1, 0.15) is 5.82 Å². The molecule has 0 unspecified atom stereocenters. The lowest BCUT2D eigenvalue weighted by molar-refractivity contribution is 0.121. The summed E-state index contributed by atoms with van der Waals surface area (Å²) < 4.78 is 6.96. The van der Waals surface area contributed by atoms with Crippen molar-refractivity contribution >= 4 is 5.95 Å². The van der Waals surface area contributed by atoms with Crippen LogP contribution < -0.4 is 10.6 Å². The molecule has 1 aromatic heterocycles. The summed E-state index contributed by atoms with van der Waals surface area (Å²) in [4.78, 5) is 23.1. The van der Waals surface area contributed by atoms with Gasteiger partial charge in [0.15, 0.2) is 0 Å². The van der Waals surface area contributed by atoms with Crippen LogP contribution in [0.3, 0.4) is 0 Å². The summed E-state index contributed by atoms with van der Waals surface area (Å²) in [6.45, 7) is 4.70. The van der Waals surface area contributed by atoms with E-state index in [0.717, 1.165) is 18.8 Å². The number of benzene rings is 1. The second-order valence-corrected chi connectivity index (χ2v) is 4.85. The van der Waals surface area contributed by atoms with Crippen molar-refractivity contribution in [3.63, 3.8) is 0 Å². The molecule has 0 amide bonds. The van der Waals surface area contributed by atoms with E-state index in [9.17, 15) is 4.79 Å². The Kier molecular flexibility index (Phi) is 3.96. The molecule has 110 valence electrons. The van der Waals surface area contributed by atoms with E-state index in [4.69, 9.17) is 4.74 Å². The van der Waals surface area contributed by atoms with Crippen molar-refractivity contribution in [2.45, 2.75) is 13.3 Å². The van der Waals surface area contributed by atoms with Crippen molar-refractivity contribution in [3.8, 4) is 5.69 Å². The molecule has 1 fully saturated rings. The summed E-state index contributed by atoms with van der Waals surface area (Å²) >= 11 is 0. The van der Waals surface area contributed by atoms with Gasteiger partial charge in [-0.1, -0.05) is 25.1 Å². The Balaban J connectivity index is 2.15. The van der Waals surface area contributed by atoms with E-state index in [1.54, 1.807) is 4.57 Å². The molecular formula is C15H18N4O2. The SMILES string of the molecule is CCc1nc(N2CCOCC2)n(-c2ccccc2)c(=O)n1. The van der Waals surface area contributed by atoms with Gasteiger partial charge in [0.05, 0.1) is 18.9 Å². The van der Waals surface area contributed by atoms with Gasteiger partial charge in [0.2, 0.25) is 5.95 Å². The lowest BCUT2D eigenvalue weighted by atomic mass is 10.3. The van der Waals surface area contributed by atoms with Crippen molar-refractivity contribution in [3.05, 3.63) is 46.6 Å². The second-order valence-electron chi connectivity index (χ2n) is 4.85. The summed E-state index contributed by atoms with van der Waals surface area (Å²) in [5, 5.41) is 0. The van der Waals surface area contributed by atoms with E-state index in [1.165, 1.54) is 0 Å². The molecule has 6 heteroatoms. The summed E-state index contributed by atoms with van der Waals surface area (Å²) in [5.41, 5.74) is 0.501. The zero-order chi connectivity index (χ0) is 14.7. The van der Waals surface area contributed by atoms with Gasteiger partial charge < -0.3 is 9.64 Å². The van der Waals surface area contributed by atoms with Crippen LogP contribution in [0.5, 0.6) is 0 Å². The van der Waals surface area contributed by atoms with Gasteiger partial charge in [0, 0.05) is 19.5 Å². The van der Waals surface area contributed by atoms with Crippen molar-refractivity contribution in [1.29, 1.82) is 0 Å². The van der Waals surface area contributed by atoms with Gasteiger partial charge >= 0.3 is 5.69 Å². The van der Waals surface area contributed by atoms with Crippen LogP contribution >= 0.6 is 0 Å². The minimum absolute atomic E-state index is 0.283. The average molecular weight is 286 g/mol. The molecule has 2 aromatic rings. The van der Waals surface area contributed by atoms with Crippen LogP contribution in [0.2, 0.25) is 0 Å². The Labute approximate surface area is 123 Å². The number of hydrogen-bond acceptors (Lipinski definition) is 5. The Morgan fingerprint density at radius 1 is 1.14 bits per heavy atom. The molecule has 21 heavy (non-hydrogen) atoms. The van der Waals surface area contributed by atoms with Gasteiger partial charge in [-0.25, -0.2) is 9.36 Å². The lowest BCUT2D eigenvalue weighted by Gasteiger charge is -2.29. The molecule has 0 spiro atoms. The van der Waals surface area contributed by atoms with Crippen LogP contribution in [-0.4, -0.2) is 40.8 Å². The van der Waals surface area contributed by atoms with E-state index in [2.05, 4.69) is 14.9 Å². The quantitative estimate of drug-likeness (QED) is 0.843. The van der Waals surface area contributed by atoms with Crippen molar-refractivity contribution in [2.24, 2.45) is 0 Å². The predicted octanol–water partition coefficient (Wildman–Crippen LogP) is 1.03. The summed E-state index contributed by atoms with van der Waals surface area (Å²) in [7, 11) is 0. The lowest BCUT2D eigenvalue weighted by Crippen LogP contribution is -2.41.